The molecule has 0 atom stereocenters. The van der Waals surface area contributed by atoms with Crippen LogP contribution >= 0.6 is 0 Å². The fourth-order valence-electron chi connectivity index (χ4n) is 1.98. The lowest BCUT2D eigenvalue weighted by molar-refractivity contribution is 0.388. The topological polar surface area (TPSA) is 63.4 Å². The molecule has 0 unspecified atom stereocenters. The van der Waals surface area contributed by atoms with Crippen LogP contribution in [0.25, 0.3) is 0 Å². The van der Waals surface area contributed by atoms with Gasteiger partial charge in [0.15, 0.2) is 4.90 Å². The molecule has 1 rings (SSSR count). The number of hydrogen-bond acceptors (Lipinski definition) is 3. The molecule has 0 amide bonds. The molecule has 0 aromatic heterocycles. The summed E-state index contributed by atoms with van der Waals surface area (Å²) in [5, 5.41) is 0. The number of unbranched alkanes of at least 4 members (excludes halogenated alkanes) is 2. The fourth-order valence-corrected chi connectivity index (χ4v) is 3.58. The van der Waals surface area contributed by atoms with Gasteiger partial charge >= 0.3 is 0 Å². The third-order valence-electron chi connectivity index (χ3n) is 3.14. The summed E-state index contributed by atoms with van der Waals surface area (Å²) < 4.78 is 53.9. The van der Waals surface area contributed by atoms with Crippen LogP contribution in [0.3, 0.4) is 0 Å². The van der Waals surface area contributed by atoms with Crippen LogP contribution in [0.2, 0.25) is 0 Å². The van der Waals surface area contributed by atoms with E-state index in [9.17, 15) is 17.2 Å². The summed E-state index contributed by atoms with van der Waals surface area (Å²) in [6.45, 7) is 4.36. The van der Waals surface area contributed by atoms with Gasteiger partial charge in [0.25, 0.3) is 0 Å². The summed E-state index contributed by atoms with van der Waals surface area (Å²) in [4.78, 5) is -0.913. The van der Waals surface area contributed by atoms with Crippen molar-refractivity contribution in [2.75, 3.05) is 18.8 Å². The molecule has 0 fully saturated rings. The number of rotatable bonds is 8. The Morgan fingerprint density at radius 1 is 1.05 bits per heavy atom. The standard InChI is InChI=1S/C14H22F2N2O2S/c1-3-5-7-18(8-6-4-2)21(19,20)14-12(15)9-11(17)10-13(14)16/h9-10H,3-8,17H2,1-2H3. The van der Waals surface area contributed by atoms with E-state index in [4.69, 9.17) is 5.73 Å². The minimum Gasteiger partial charge on any atom is -0.399 e. The predicted molar refractivity (Wildman–Crippen MR) is 79.3 cm³/mol. The summed E-state index contributed by atoms with van der Waals surface area (Å²) in [5.74, 6) is -2.30. The average Bonchev–Trinajstić information content (AvgIpc) is 2.36. The number of benzene rings is 1. The van der Waals surface area contributed by atoms with Gasteiger partial charge in [0.05, 0.1) is 0 Å². The highest BCUT2D eigenvalue weighted by Crippen LogP contribution is 2.25. The van der Waals surface area contributed by atoms with Crippen molar-refractivity contribution >= 4 is 15.7 Å². The molecule has 4 nitrogen and oxygen atoms in total. The summed E-state index contributed by atoms with van der Waals surface area (Å²) in [6, 6.07) is 1.65. The van der Waals surface area contributed by atoms with Gasteiger partial charge < -0.3 is 5.73 Å². The first kappa shape index (κ1) is 17.8. The lowest BCUT2D eigenvalue weighted by Crippen LogP contribution is -2.34. The lowest BCUT2D eigenvalue weighted by Gasteiger charge is -2.22. The van der Waals surface area contributed by atoms with Gasteiger partial charge in [0, 0.05) is 18.8 Å². The monoisotopic (exact) mass is 320 g/mol. The first-order chi connectivity index (χ1) is 9.84. The van der Waals surface area contributed by atoms with Gasteiger partial charge in [-0.2, -0.15) is 4.31 Å². The van der Waals surface area contributed by atoms with Crippen molar-refractivity contribution in [1.82, 2.24) is 4.31 Å². The van der Waals surface area contributed by atoms with Gasteiger partial charge in [-0.15, -0.1) is 0 Å². The average molecular weight is 320 g/mol. The van der Waals surface area contributed by atoms with Gasteiger partial charge in [-0.25, -0.2) is 17.2 Å². The molecule has 1 aromatic carbocycles. The van der Waals surface area contributed by atoms with Crippen molar-refractivity contribution in [3.05, 3.63) is 23.8 Å². The van der Waals surface area contributed by atoms with Crippen LogP contribution in [-0.2, 0) is 10.0 Å². The summed E-state index contributed by atoms with van der Waals surface area (Å²) in [5.41, 5.74) is 5.18. The second-order valence-electron chi connectivity index (χ2n) is 4.92. The maximum absolute atomic E-state index is 13.9. The van der Waals surface area contributed by atoms with Crippen LogP contribution in [0.1, 0.15) is 39.5 Å². The van der Waals surface area contributed by atoms with E-state index in [1.54, 1.807) is 0 Å². The second kappa shape index (κ2) is 7.70. The minimum atomic E-state index is -4.20. The zero-order chi connectivity index (χ0) is 16.0. The van der Waals surface area contributed by atoms with Crippen LogP contribution in [0.15, 0.2) is 17.0 Å². The minimum absolute atomic E-state index is 0.141. The highest BCUT2D eigenvalue weighted by Gasteiger charge is 2.30. The van der Waals surface area contributed by atoms with Crippen LogP contribution in [0.4, 0.5) is 14.5 Å². The van der Waals surface area contributed by atoms with Crippen LogP contribution in [-0.4, -0.2) is 25.8 Å². The molecule has 0 aliphatic heterocycles. The SMILES string of the molecule is CCCCN(CCCC)S(=O)(=O)c1c(F)cc(N)cc1F. The van der Waals surface area contributed by atoms with Gasteiger partial charge in [0.2, 0.25) is 10.0 Å². The van der Waals surface area contributed by atoms with Crippen LogP contribution in [0, 0.1) is 11.6 Å². The first-order valence-electron chi connectivity index (χ1n) is 7.09. The van der Waals surface area contributed by atoms with E-state index in [-0.39, 0.29) is 18.8 Å². The number of nitrogens with two attached hydrogens (primary N) is 1. The third kappa shape index (κ3) is 4.38. The van der Waals surface area contributed by atoms with E-state index < -0.39 is 26.6 Å². The maximum Gasteiger partial charge on any atom is 0.248 e. The Bertz CT molecular complexity index is 545. The largest absolute Gasteiger partial charge is 0.399 e. The van der Waals surface area contributed by atoms with E-state index in [1.165, 1.54) is 0 Å². The zero-order valence-electron chi connectivity index (χ0n) is 12.4. The van der Waals surface area contributed by atoms with Gasteiger partial charge in [0.1, 0.15) is 11.6 Å². The Balaban J connectivity index is 3.21. The maximum atomic E-state index is 13.9. The molecule has 1 aromatic rings. The molecular formula is C14H22F2N2O2S. The highest BCUT2D eigenvalue weighted by molar-refractivity contribution is 7.89. The molecule has 0 bridgehead atoms. The van der Waals surface area contributed by atoms with Crippen molar-refractivity contribution in [1.29, 1.82) is 0 Å². The normalized spacial score (nSPS) is 12.0. The van der Waals surface area contributed by atoms with Crippen molar-refractivity contribution in [2.45, 2.75) is 44.4 Å². The number of nitrogens with zero attached hydrogens (tertiary/aromatic N) is 1. The van der Waals surface area contributed by atoms with Gasteiger partial charge in [-0.1, -0.05) is 26.7 Å². The second-order valence-corrected chi connectivity index (χ2v) is 6.80. The Morgan fingerprint density at radius 2 is 1.48 bits per heavy atom. The first-order valence-corrected chi connectivity index (χ1v) is 8.53. The summed E-state index contributed by atoms with van der Waals surface area (Å²) in [7, 11) is -4.20. The van der Waals surface area contributed by atoms with Gasteiger partial charge in [-0.05, 0) is 25.0 Å². The van der Waals surface area contributed by atoms with E-state index in [1.807, 2.05) is 13.8 Å². The lowest BCUT2D eigenvalue weighted by atomic mass is 10.3. The van der Waals surface area contributed by atoms with Crippen molar-refractivity contribution in [2.24, 2.45) is 0 Å². The third-order valence-corrected chi connectivity index (χ3v) is 5.09. The number of anilines is 1. The zero-order valence-corrected chi connectivity index (χ0v) is 13.2. The fraction of sp³-hybridized carbons (Fsp3) is 0.571. The Hall–Kier alpha value is -1.21. The summed E-state index contributed by atoms with van der Waals surface area (Å²) >= 11 is 0. The van der Waals surface area contributed by atoms with E-state index >= 15 is 0 Å². The van der Waals surface area contributed by atoms with Crippen molar-refractivity contribution in [3.63, 3.8) is 0 Å². The van der Waals surface area contributed by atoms with Crippen LogP contribution < -0.4 is 5.73 Å². The predicted octanol–water partition coefficient (Wildman–Crippen LogP) is 3.14. The summed E-state index contributed by atoms with van der Waals surface area (Å²) in [6.07, 6.45) is 2.87. The number of sulfonamides is 1. The molecule has 0 aliphatic rings. The molecule has 0 aliphatic carbocycles. The molecule has 0 saturated carbocycles. The van der Waals surface area contributed by atoms with Gasteiger partial charge in [-0.3, -0.25) is 0 Å². The van der Waals surface area contributed by atoms with E-state index in [0.29, 0.717) is 12.8 Å². The number of nitrogen functional groups attached to an aromatic ring is 1. The molecular weight excluding hydrogens is 298 g/mol. The van der Waals surface area contributed by atoms with E-state index in [0.717, 1.165) is 29.3 Å². The number of hydrogen-bond donors (Lipinski definition) is 1. The highest BCUT2D eigenvalue weighted by atomic mass is 32.2. The molecule has 21 heavy (non-hydrogen) atoms. The Labute approximate surface area is 125 Å². The quantitative estimate of drug-likeness (QED) is 0.748. The molecule has 7 heteroatoms. The Kier molecular flexibility index (Phi) is 6.54. The molecule has 0 heterocycles. The van der Waals surface area contributed by atoms with Crippen LogP contribution in [0.5, 0.6) is 0 Å². The molecule has 2 N–H and O–H groups in total. The van der Waals surface area contributed by atoms with E-state index in [2.05, 4.69) is 0 Å². The smallest absolute Gasteiger partial charge is 0.248 e. The molecule has 0 saturated heterocycles. The van der Waals surface area contributed by atoms with Crippen molar-refractivity contribution < 1.29 is 17.2 Å². The number of halogens is 2. The molecule has 0 spiro atoms. The Morgan fingerprint density at radius 3 is 1.86 bits per heavy atom. The molecule has 120 valence electrons. The van der Waals surface area contributed by atoms with Crippen molar-refractivity contribution in [3.8, 4) is 0 Å². The molecule has 0 radical (unpaired) electrons.